The normalized spacial score (nSPS) is 10.4. The van der Waals surface area contributed by atoms with Crippen molar-refractivity contribution in [1.29, 1.82) is 0 Å². The maximum Gasteiger partial charge on any atom is 0.221 e. The molecule has 0 radical (unpaired) electrons. The summed E-state index contributed by atoms with van der Waals surface area (Å²) in [6, 6.07) is 4.76. The van der Waals surface area contributed by atoms with Crippen molar-refractivity contribution >= 4 is 40.6 Å². The van der Waals surface area contributed by atoms with Crippen LogP contribution in [0, 0.1) is 0 Å². The summed E-state index contributed by atoms with van der Waals surface area (Å²) in [6.45, 7) is 1.63. The molecule has 0 saturated heterocycles. The zero-order valence-corrected chi connectivity index (χ0v) is 10.7. The number of alkyl halides is 2. The second kappa shape index (κ2) is 6.00. The molecule has 0 aromatic heterocycles. The predicted octanol–water partition coefficient (Wildman–Crippen LogP) is 2.09. The molecule has 0 atom stereocenters. The molecule has 0 spiro atoms. The van der Waals surface area contributed by atoms with Crippen molar-refractivity contribution < 1.29 is 9.59 Å². The number of hydrogen-bond acceptors (Lipinski definition) is 3. The van der Waals surface area contributed by atoms with Crippen LogP contribution < -0.4 is 11.1 Å². The monoisotopic (exact) mass is 274 g/mol. The molecule has 0 fully saturated rings. The van der Waals surface area contributed by atoms with Crippen LogP contribution in [0.25, 0.3) is 0 Å². The second-order valence-corrected chi connectivity index (χ2v) is 4.52. The quantitative estimate of drug-likeness (QED) is 0.652. The molecule has 0 aliphatic carbocycles. The summed E-state index contributed by atoms with van der Waals surface area (Å²) in [5.74, 6) is -0.652. The fraction of sp³-hybridized carbons (Fsp3) is 0.273. The summed E-state index contributed by atoms with van der Waals surface area (Å²) in [6.07, 6.45) is 0. The zero-order chi connectivity index (χ0) is 13.0. The van der Waals surface area contributed by atoms with Crippen LogP contribution in [0.3, 0.4) is 0 Å². The molecule has 1 aromatic rings. The molecule has 1 amide bonds. The molecule has 6 heteroatoms. The Morgan fingerprint density at radius 3 is 2.53 bits per heavy atom. The average Bonchev–Trinajstić information content (AvgIpc) is 2.27. The van der Waals surface area contributed by atoms with E-state index in [9.17, 15) is 9.59 Å². The highest BCUT2D eigenvalue weighted by Crippen LogP contribution is 2.20. The van der Waals surface area contributed by atoms with Crippen LogP contribution in [0.2, 0.25) is 0 Å². The van der Waals surface area contributed by atoms with Gasteiger partial charge in [-0.15, -0.1) is 0 Å². The zero-order valence-electron chi connectivity index (χ0n) is 9.17. The lowest BCUT2D eigenvalue weighted by atomic mass is 10.1. The van der Waals surface area contributed by atoms with Gasteiger partial charge in [-0.3, -0.25) is 9.59 Å². The highest BCUT2D eigenvalue weighted by molar-refractivity contribution is 6.55. The number of Topliss-reactive ketones (excluding diaryl/α,β-unsaturated/α-hetero) is 1. The van der Waals surface area contributed by atoms with Gasteiger partial charge in [0.1, 0.15) is 0 Å². The Labute approximate surface area is 109 Å². The number of benzene rings is 1. The minimum atomic E-state index is -1.12. The van der Waals surface area contributed by atoms with Crippen molar-refractivity contribution in [3.63, 3.8) is 0 Å². The number of hydrogen-bond donors (Lipinski definition) is 2. The lowest BCUT2D eigenvalue weighted by Crippen LogP contribution is -2.13. The number of nitrogens with two attached hydrogens (primary N) is 1. The third-order valence-electron chi connectivity index (χ3n) is 2.12. The van der Waals surface area contributed by atoms with Gasteiger partial charge < -0.3 is 11.1 Å². The van der Waals surface area contributed by atoms with Gasteiger partial charge in [-0.1, -0.05) is 35.3 Å². The molecule has 0 heterocycles. The Balaban J connectivity index is 3.12. The first-order valence-corrected chi connectivity index (χ1v) is 5.76. The molecule has 0 saturated carbocycles. The van der Waals surface area contributed by atoms with Gasteiger partial charge in [0.05, 0.1) is 0 Å². The van der Waals surface area contributed by atoms with Crippen molar-refractivity contribution in [2.75, 3.05) is 5.32 Å². The highest BCUT2D eigenvalue weighted by atomic mass is 35.5. The van der Waals surface area contributed by atoms with E-state index in [0.717, 1.165) is 5.56 Å². The van der Waals surface area contributed by atoms with E-state index < -0.39 is 10.6 Å². The summed E-state index contributed by atoms with van der Waals surface area (Å²) in [7, 11) is 0. The Hall–Kier alpha value is -1.10. The second-order valence-electron chi connectivity index (χ2n) is 3.42. The standard InChI is InChI=1S/C11H12Cl2N2O2/c1-6(16)15-9-4-7(10(17)11(12)13)2-3-8(9)5-14/h2-4,11H,5,14H2,1H3,(H,15,16). The molecule has 4 nitrogen and oxygen atoms in total. The number of rotatable bonds is 4. The predicted molar refractivity (Wildman–Crippen MR) is 68.5 cm³/mol. The number of carbonyl (C=O) groups is 2. The van der Waals surface area contributed by atoms with Gasteiger partial charge in [0.2, 0.25) is 5.91 Å². The van der Waals surface area contributed by atoms with Gasteiger partial charge in [0.15, 0.2) is 10.6 Å². The van der Waals surface area contributed by atoms with Gasteiger partial charge in [-0.2, -0.15) is 0 Å². The van der Waals surface area contributed by atoms with Gasteiger partial charge in [-0.25, -0.2) is 0 Å². The van der Waals surface area contributed by atoms with Crippen LogP contribution in [-0.2, 0) is 11.3 Å². The third-order valence-corrected chi connectivity index (χ3v) is 2.52. The van der Waals surface area contributed by atoms with Crippen molar-refractivity contribution in [3.05, 3.63) is 29.3 Å². The molecule has 0 unspecified atom stereocenters. The molecule has 1 aromatic carbocycles. The Morgan fingerprint density at radius 1 is 1.41 bits per heavy atom. The number of ketones is 1. The first-order chi connectivity index (χ1) is 7.95. The van der Waals surface area contributed by atoms with Gasteiger partial charge >= 0.3 is 0 Å². The van der Waals surface area contributed by atoms with Gasteiger partial charge in [0.25, 0.3) is 0 Å². The minimum Gasteiger partial charge on any atom is -0.326 e. The Kier molecular flexibility index (Phi) is 4.93. The van der Waals surface area contributed by atoms with E-state index in [0.29, 0.717) is 11.3 Å². The summed E-state index contributed by atoms with van der Waals surface area (Å²) in [5.41, 5.74) is 7.09. The Bertz CT molecular complexity index is 447. The molecule has 0 bridgehead atoms. The van der Waals surface area contributed by atoms with E-state index in [2.05, 4.69) is 5.32 Å². The van der Waals surface area contributed by atoms with Crippen LogP contribution in [-0.4, -0.2) is 16.5 Å². The van der Waals surface area contributed by atoms with Crippen LogP contribution in [0.15, 0.2) is 18.2 Å². The van der Waals surface area contributed by atoms with Crippen LogP contribution in [0.4, 0.5) is 5.69 Å². The number of anilines is 1. The van der Waals surface area contributed by atoms with E-state index in [4.69, 9.17) is 28.9 Å². The first kappa shape index (κ1) is 14.0. The van der Waals surface area contributed by atoms with Crippen molar-refractivity contribution in [3.8, 4) is 0 Å². The molecular formula is C11H12Cl2N2O2. The highest BCUT2D eigenvalue weighted by Gasteiger charge is 2.16. The topological polar surface area (TPSA) is 72.2 Å². The van der Waals surface area contributed by atoms with Crippen LogP contribution >= 0.6 is 23.2 Å². The smallest absolute Gasteiger partial charge is 0.221 e. The first-order valence-electron chi connectivity index (χ1n) is 4.88. The van der Waals surface area contributed by atoms with E-state index in [1.807, 2.05) is 0 Å². The van der Waals surface area contributed by atoms with E-state index in [1.165, 1.54) is 13.0 Å². The maximum atomic E-state index is 11.6. The van der Waals surface area contributed by atoms with Crippen molar-refractivity contribution in [2.24, 2.45) is 5.73 Å². The number of nitrogens with one attached hydrogen (secondary N) is 1. The fourth-order valence-corrected chi connectivity index (χ4v) is 1.59. The summed E-state index contributed by atoms with van der Waals surface area (Å²) >= 11 is 11.0. The van der Waals surface area contributed by atoms with Crippen molar-refractivity contribution in [1.82, 2.24) is 0 Å². The molecule has 17 heavy (non-hydrogen) atoms. The molecule has 1 rings (SSSR count). The third kappa shape index (κ3) is 3.70. The molecule has 3 N–H and O–H groups in total. The van der Waals surface area contributed by atoms with Crippen LogP contribution in [0.1, 0.15) is 22.8 Å². The van der Waals surface area contributed by atoms with Crippen molar-refractivity contribution in [2.45, 2.75) is 18.3 Å². The van der Waals surface area contributed by atoms with Gasteiger partial charge in [0, 0.05) is 24.7 Å². The molecule has 0 aliphatic rings. The van der Waals surface area contributed by atoms with E-state index in [1.54, 1.807) is 12.1 Å². The molecule has 0 aliphatic heterocycles. The van der Waals surface area contributed by atoms with Gasteiger partial charge in [-0.05, 0) is 11.6 Å². The SMILES string of the molecule is CC(=O)Nc1cc(C(=O)C(Cl)Cl)ccc1CN. The summed E-state index contributed by atoms with van der Waals surface area (Å²) < 4.78 is 0. The lowest BCUT2D eigenvalue weighted by Gasteiger charge is -2.10. The van der Waals surface area contributed by atoms with E-state index >= 15 is 0 Å². The summed E-state index contributed by atoms with van der Waals surface area (Å²) in [5, 5.41) is 2.60. The average molecular weight is 275 g/mol. The molecular weight excluding hydrogens is 263 g/mol. The Morgan fingerprint density at radius 2 is 2.06 bits per heavy atom. The fourth-order valence-electron chi connectivity index (χ4n) is 1.34. The largest absolute Gasteiger partial charge is 0.326 e. The lowest BCUT2D eigenvalue weighted by molar-refractivity contribution is -0.114. The van der Waals surface area contributed by atoms with Crippen LogP contribution in [0.5, 0.6) is 0 Å². The number of carbonyl (C=O) groups excluding carboxylic acids is 2. The maximum absolute atomic E-state index is 11.6. The molecule has 92 valence electrons. The summed E-state index contributed by atoms with van der Waals surface area (Å²) in [4.78, 5) is 21.5. The number of halogens is 2. The van der Waals surface area contributed by atoms with E-state index in [-0.39, 0.29) is 12.5 Å². The minimum absolute atomic E-state index is 0.238. The number of amides is 1.